The van der Waals surface area contributed by atoms with Gasteiger partial charge < -0.3 is 0 Å². The predicted molar refractivity (Wildman–Crippen MR) is 50.7 cm³/mol. The van der Waals surface area contributed by atoms with Crippen molar-refractivity contribution in [1.82, 2.24) is 0 Å². The molecule has 0 N–H and O–H groups in total. The van der Waals surface area contributed by atoms with E-state index in [1.807, 2.05) is 0 Å². The van der Waals surface area contributed by atoms with Crippen LogP contribution in [0.5, 0.6) is 0 Å². The third-order valence-electron chi connectivity index (χ3n) is 0. The molecule has 0 aromatic carbocycles. The van der Waals surface area contributed by atoms with Gasteiger partial charge in [-0.15, -0.1) is 86.8 Å². The smallest absolute Gasteiger partial charge is 0 e. The molecule has 0 spiro atoms. The van der Waals surface area contributed by atoms with Crippen LogP contribution in [0.3, 0.4) is 0 Å². The molecule has 0 aromatic heterocycles. The van der Waals surface area contributed by atoms with E-state index in [0.717, 1.165) is 0 Å². The van der Waals surface area contributed by atoms with Crippen molar-refractivity contribution in [2.24, 2.45) is 0 Å². The van der Waals surface area contributed by atoms with Crippen molar-refractivity contribution < 1.29 is 21.7 Å². The summed E-state index contributed by atoms with van der Waals surface area (Å²) in [5.41, 5.74) is 0. The number of rotatable bonds is 0. The Morgan fingerprint density at radius 3 is 0.250 bits per heavy atom. The summed E-state index contributed by atoms with van der Waals surface area (Å²) in [6.45, 7) is 0. The molecule has 60 valence electrons. The van der Waals surface area contributed by atoms with Gasteiger partial charge in [-0.1, -0.05) is 0 Å². The summed E-state index contributed by atoms with van der Waals surface area (Å²) < 4.78 is 0. The molecule has 0 unspecified atom stereocenters. The van der Waals surface area contributed by atoms with Crippen LogP contribution < -0.4 is 0 Å². The molecule has 0 saturated carbocycles. The first-order valence-corrected chi connectivity index (χ1v) is 0. The molecule has 0 heterocycles. The zero-order chi connectivity index (χ0) is 0. The van der Waals surface area contributed by atoms with Gasteiger partial charge in [-0.05, 0) is 0 Å². The second kappa shape index (κ2) is 98.9. The minimum Gasteiger partial charge on any atom is -0.147 e. The van der Waals surface area contributed by atoms with E-state index in [0.29, 0.717) is 0 Å². The first-order chi connectivity index (χ1) is 0. The summed E-state index contributed by atoms with van der Waals surface area (Å²) in [5.74, 6) is 0. The standard InChI is InChI=1S/7ClH.Ti/h7*1H;. The minimum atomic E-state index is 0. The molecular weight excluding hydrogens is 296 g/mol. The molecular formula is H7Cl7Ti. The summed E-state index contributed by atoms with van der Waals surface area (Å²) in [7, 11) is 0. The third-order valence-corrected chi connectivity index (χ3v) is 0. The summed E-state index contributed by atoms with van der Waals surface area (Å²) in [4.78, 5) is 0. The molecule has 0 aliphatic carbocycles. The maximum atomic E-state index is 0. The van der Waals surface area contributed by atoms with E-state index in [4.69, 9.17) is 0 Å². The number of halogens is 7. The quantitative estimate of drug-likeness (QED) is 0.604. The molecule has 0 radical (unpaired) electrons. The number of hydrogen-bond donors (Lipinski definition) is 0. The molecule has 0 bridgehead atoms. The molecule has 8 heavy (non-hydrogen) atoms. The summed E-state index contributed by atoms with van der Waals surface area (Å²) in [6, 6.07) is 0. The zero-order valence-electron chi connectivity index (χ0n) is 3.36. The summed E-state index contributed by atoms with van der Waals surface area (Å²) >= 11 is 0. The van der Waals surface area contributed by atoms with E-state index in [1.165, 1.54) is 0 Å². The van der Waals surface area contributed by atoms with Crippen molar-refractivity contribution in [2.75, 3.05) is 0 Å². The van der Waals surface area contributed by atoms with E-state index in [-0.39, 0.29) is 109 Å². The van der Waals surface area contributed by atoms with E-state index >= 15 is 0 Å². The van der Waals surface area contributed by atoms with Crippen LogP contribution in [0.2, 0.25) is 0 Å². The zero-order valence-corrected chi connectivity index (χ0v) is 10.6. The number of hydrogen-bond acceptors (Lipinski definition) is 0. The molecule has 0 fully saturated rings. The van der Waals surface area contributed by atoms with Crippen LogP contribution in [0.4, 0.5) is 0 Å². The maximum Gasteiger partial charge on any atom is 0 e. The van der Waals surface area contributed by atoms with E-state index in [1.54, 1.807) is 0 Å². The van der Waals surface area contributed by atoms with Crippen LogP contribution in [0.15, 0.2) is 0 Å². The van der Waals surface area contributed by atoms with Gasteiger partial charge in [-0.3, -0.25) is 0 Å². The van der Waals surface area contributed by atoms with Gasteiger partial charge in [0.05, 0.1) is 0 Å². The van der Waals surface area contributed by atoms with Crippen LogP contribution in [0, 0.1) is 0 Å². The Hall–Kier alpha value is 2.74. The van der Waals surface area contributed by atoms with Gasteiger partial charge in [-0.25, -0.2) is 0 Å². The molecule has 0 aliphatic rings. The van der Waals surface area contributed by atoms with Crippen LogP contribution >= 0.6 is 86.8 Å². The van der Waals surface area contributed by atoms with Crippen molar-refractivity contribution >= 4 is 86.8 Å². The van der Waals surface area contributed by atoms with Crippen molar-refractivity contribution in [3.05, 3.63) is 0 Å². The molecule has 0 rings (SSSR count). The Kier molecular flexibility index (Phi) is 1680. The third kappa shape index (κ3) is 69.6. The maximum absolute atomic E-state index is 0. The molecule has 0 saturated heterocycles. The molecule has 0 nitrogen and oxygen atoms in total. The molecule has 0 atom stereocenters. The van der Waals surface area contributed by atoms with E-state index in [2.05, 4.69) is 0 Å². The SMILES string of the molecule is Cl.Cl.Cl.Cl.Cl.Cl.Cl.[Ti]. The van der Waals surface area contributed by atoms with Crippen LogP contribution in [0.1, 0.15) is 0 Å². The molecule has 0 amide bonds. The van der Waals surface area contributed by atoms with Gasteiger partial charge in [0, 0.05) is 21.7 Å². The predicted octanol–water partition coefficient (Wildman–Crippen LogP) is 2.95. The molecule has 0 aliphatic heterocycles. The monoisotopic (exact) mass is 300 g/mol. The summed E-state index contributed by atoms with van der Waals surface area (Å²) in [5, 5.41) is 0. The Morgan fingerprint density at radius 1 is 0.250 bits per heavy atom. The molecule has 0 aromatic rings. The van der Waals surface area contributed by atoms with Crippen molar-refractivity contribution in [3.8, 4) is 0 Å². The largest absolute Gasteiger partial charge is 0.147 e. The Bertz CT molecular complexity index is 4.35. The Balaban J connectivity index is 0. The van der Waals surface area contributed by atoms with E-state index < -0.39 is 0 Å². The van der Waals surface area contributed by atoms with Gasteiger partial charge >= 0.3 is 0 Å². The Labute approximate surface area is 107 Å². The average molecular weight is 303 g/mol. The van der Waals surface area contributed by atoms with E-state index in [9.17, 15) is 0 Å². The van der Waals surface area contributed by atoms with Gasteiger partial charge in [0.25, 0.3) is 0 Å². The fraction of sp³-hybridized carbons (Fsp3) is 0. The van der Waals surface area contributed by atoms with Crippen molar-refractivity contribution in [3.63, 3.8) is 0 Å². The summed E-state index contributed by atoms with van der Waals surface area (Å²) in [6.07, 6.45) is 0. The average Bonchev–Trinajstić information content (AvgIpc) is 0. The minimum absolute atomic E-state index is 0. The van der Waals surface area contributed by atoms with Crippen LogP contribution in [-0.2, 0) is 21.7 Å². The van der Waals surface area contributed by atoms with Crippen LogP contribution in [0.25, 0.3) is 0 Å². The first kappa shape index (κ1) is 135. The van der Waals surface area contributed by atoms with Gasteiger partial charge in [0.15, 0.2) is 0 Å². The van der Waals surface area contributed by atoms with Crippen molar-refractivity contribution in [2.45, 2.75) is 0 Å². The van der Waals surface area contributed by atoms with Crippen molar-refractivity contribution in [1.29, 1.82) is 0 Å². The normalized spacial score (nSPS) is 0. The Morgan fingerprint density at radius 2 is 0.250 bits per heavy atom. The van der Waals surface area contributed by atoms with Gasteiger partial charge in [0.2, 0.25) is 0 Å². The second-order valence-electron chi connectivity index (χ2n) is 0. The van der Waals surface area contributed by atoms with Gasteiger partial charge in [0.1, 0.15) is 0 Å². The molecule has 8 heteroatoms. The second-order valence-corrected chi connectivity index (χ2v) is 0. The van der Waals surface area contributed by atoms with Gasteiger partial charge in [-0.2, -0.15) is 0 Å². The topological polar surface area (TPSA) is 0 Å². The fourth-order valence-electron chi connectivity index (χ4n) is 0. The first-order valence-electron chi connectivity index (χ1n) is 0. The fourth-order valence-corrected chi connectivity index (χ4v) is 0. The van der Waals surface area contributed by atoms with Crippen LogP contribution in [-0.4, -0.2) is 0 Å².